The molecule has 0 bridgehead atoms. The minimum Gasteiger partial charge on any atom is -0.399 e. The lowest BCUT2D eigenvalue weighted by Gasteiger charge is -2.27. The number of hydrogen-bond acceptors (Lipinski definition) is 1. The number of nitrogen functional groups attached to an aromatic ring is 1. The van der Waals surface area contributed by atoms with Crippen molar-refractivity contribution in [1.82, 2.24) is 0 Å². The molecule has 2 heteroatoms. The molecule has 1 aromatic carbocycles. The first-order valence-corrected chi connectivity index (χ1v) is 5.71. The van der Waals surface area contributed by atoms with E-state index in [0.29, 0.717) is 11.6 Å². The molecule has 2 N–H and O–H groups in total. The molecule has 0 aliphatic heterocycles. The molecule has 82 valence electrons. The minimum absolute atomic E-state index is 0.130. The second kappa shape index (κ2) is 4.21. The van der Waals surface area contributed by atoms with Gasteiger partial charge < -0.3 is 5.73 Å². The van der Waals surface area contributed by atoms with Crippen LogP contribution in [-0.4, -0.2) is 0 Å². The summed E-state index contributed by atoms with van der Waals surface area (Å²) in [5.41, 5.74) is 6.92. The maximum atomic E-state index is 13.7. The Bertz CT molecular complexity index is 348. The molecule has 1 aromatic rings. The highest BCUT2D eigenvalue weighted by molar-refractivity contribution is 5.41. The van der Waals surface area contributed by atoms with Crippen LogP contribution in [0.25, 0.3) is 0 Å². The van der Waals surface area contributed by atoms with Crippen LogP contribution in [0.3, 0.4) is 0 Å². The molecule has 0 spiro atoms. The Morgan fingerprint density at radius 1 is 1.33 bits per heavy atom. The lowest BCUT2D eigenvalue weighted by Crippen LogP contribution is -2.13. The molecule has 0 radical (unpaired) electrons. The van der Waals surface area contributed by atoms with E-state index in [1.54, 1.807) is 6.07 Å². The minimum atomic E-state index is -0.130. The first-order valence-electron chi connectivity index (χ1n) is 5.71. The molecule has 0 aromatic heterocycles. The van der Waals surface area contributed by atoms with Crippen molar-refractivity contribution in [2.24, 2.45) is 5.92 Å². The maximum absolute atomic E-state index is 13.7. The quantitative estimate of drug-likeness (QED) is 0.698. The molecule has 0 saturated heterocycles. The summed E-state index contributed by atoms with van der Waals surface area (Å²) in [6.07, 6.45) is 4.73. The Labute approximate surface area is 90.5 Å². The zero-order valence-electron chi connectivity index (χ0n) is 9.17. The van der Waals surface area contributed by atoms with E-state index in [1.807, 2.05) is 6.07 Å². The number of nitrogens with two attached hydrogens (primary N) is 1. The smallest absolute Gasteiger partial charge is 0.128 e. The molecule has 2 rings (SSSR count). The molecule has 1 aliphatic carbocycles. The SMILES string of the molecule is C[C@@H]1CCC[C@@H](c2ccc(N)cc2F)C1. The van der Waals surface area contributed by atoms with Crippen molar-refractivity contribution in [2.45, 2.75) is 38.5 Å². The van der Waals surface area contributed by atoms with Crippen LogP contribution >= 0.6 is 0 Å². The number of anilines is 1. The van der Waals surface area contributed by atoms with Crippen LogP contribution in [0, 0.1) is 11.7 Å². The Hall–Kier alpha value is -1.05. The van der Waals surface area contributed by atoms with Gasteiger partial charge in [0.25, 0.3) is 0 Å². The topological polar surface area (TPSA) is 26.0 Å². The van der Waals surface area contributed by atoms with Crippen LogP contribution in [0.15, 0.2) is 18.2 Å². The Morgan fingerprint density at radius 2 is 2.13 bits per heavy atom. The van der Waals surface area contributed by atoms with Crippen LogP contribution < -0.4 is 5.73 Å². The first kappa shape index (κ1) is 10.5. The van der Waals surface area contributed by atoms with Crippen LogP contribution in [0.5, 0.6) is 0 Å². The van der Waals surface area contributed by atoms with Gasteiger partial charge in [-0.05, 0) is 42.4 Å². The largest absolute Gasteiger partial charge is 0.399 e. The van der Waals surface area contributed by atoms with E-state index >= 15 is 0 Å². The van der Waals surface area contributed by atoms with Gasteiger partial charge in [-0.15, -0.1) is 0 Å². The second-order valence-electron chi connectivity index (χ2n) is 4.75. The number of hydrogen-bond donors (Lipinski definition) is 1. The summed E-state index contributed by atoms with van der Waals surface area (Å²) in [6, 6.07) is 5.10. The third kappa shape index (κ3) is 2.31. The molecule has 0 unspecified atom stereocenters. The summed E-state index contributed by atoms with van der Waals surface area (Å²) in [4.78, 5) is 0. The molecule has 0 heterocycles. The van der Waals surface area contributed by atoms with Crippen molar-refractivity contribution in [2.75, 3.05) is 5.73 Å². The predicted molar refractivity (Wildman–Crippen MR) is 61.2 cm³/mol. The standard InChI is InChI=1S/C13H18FN/c1-9-3-2-4-10(7-9)12-6-5-11(15)8-13(12)14/h5-6,8-10H,2-4,7,15H2,1H3/t9-,10-/m1/s1. The van der Waals surface area contributed by atoms with Crippen molar-refractivity contribution in [3.05, 3.63) is 29.6 Å². The van der Waals surface area contributed by atoms with Crippen LogP contribution in [0.1, 0.15) is 44.1 Å². The molecular weight excluding hydrogens is 189 g/mol. The first-order chi connectivity index (χ1) is 7.16. The molecule has 0 amide bonds. The van der Waals surface area contributed by atoms with Crippen molar-refractivity contribution in [3.63, 3.8) is 0 Å². The summed E-state index contributed by atoms with van der Waals surface area (Å²) in [6.45, 7) is 2.25. The molecule has 15 heavy (non-hydrogen) atoms. The summed E-state index contributed by atoms with van der Waals surface area (Å²) in [5, 5.41) is 0. The zero-order chi connectivity index (χ0) is 10.8. The number of benzene rings is 1. The predicted octanol–water partition coefficient (Wildman–Crippen LogP) is 3.70. The van der Waals surface area contributed by atoms with Gasteiger partial charge in [-0.1, -0.05) is 25.8 Å². The van der Waals surface area contributed by atoms with E-state index in [2.05, 4.69) is 6.92 Å². The normalized spacial score (nSPS) is 26.5. The van der Waals surface area contributed by atoms with Gasteiger partial charge in [0.15, 0.2) is 0 Å². The van der Waals surface area contributed by atoms with Crippen LogP contribution in [-0.2, 0) is 0 Å². The lowest BCUT2D eigenvalue weighted by molar-refractivity contribution is 0.338. The van der Waals surface area contributed by atoms with E-state index in [0.717, 1.165) is 24.3 Å². The molecule has 1 fully saturated rings. The van der Waals surface area contributed by atoms with Gasteiger partial charge in [0.05, 0.1) is 0 Å². The monoisotopic (exact) mass is 207 g/mol. The second-order valence-corrected chi connectivity index (χ2v) is 4.75. The Morgan fingerprint density at radius 3 is 2.80 bits per heavy atom. The van der Waals surface area contributed by atoms with Crippen LogP contribution in [0.2, 0.25) is 0 Å². The summed E-state index contributed by atoms with van der Waals surface area (Å²) < 4.78 is 13.7. The highest BCUT2D eigenvalue weighted by Crippen LogP contribution is 2.37. The van der Waals surface area contributed by atoms with Crippen molar-refractivity contribution in [1.29, 1.82) is 0 Å². The summed E-state index contributed by atoms with van der Waals surface area (Å²) >= 11 is 0. The molecule has 1 saturated carbocycles. The van der Waals surface area contributed by atoms with Crippen molar-refractivity contribution in [3.8, 4) is 0 Å². The molecule has 2 atom stereocenters. The Balaban J connectivity index is 2.21. The number of rotatable bonds is 1. The molecule has 1 aliphatic rings. The van der Waals surface area contributed by atoms with E-state index < -0.39 is 0 Å². The number of halogens is 1. The zero-order valence-corrected chi connectivity index (χ0v) is 9.17. The fourth-order valence-corrected chi connectivity index (χ4v) is 2.59. The maximum Gasteiger partial charge on any atom is 0.128 e. The van der Waals surface area contributed by atoms with Crippen LogP contribution in [0.4, 0.5) is 10.1 Å². The molecular formula is C13H18FN. The van der Waals surface area contributed by atoms with E-state index in [1.165, 1.54) is 18.9 Å². The van der Waals surface area contributed by atoms with Gasteiger partial charge in [0.1, 0.15) is 5.82 Å². The Kier molecular flexibility index (Phi) is 2.94. The van der Waals surface area contributed by atoms with E-state index in [9.17, 15) is 4.39 Å². The van der Waals surface area contributed by atoms with Gasteiger partial charge >= 0.3 is 0 Å². The van der Waals surface area contributed by atoms with E-state index in [-0.39, 0.29) is 5.82 Å². The van der Waals surface area contributed by atoms with E-state index in [4.69, 9.17) is 5.73 Å². The average molecular weight is 207 g/mol. The van der Waals surface area contributed by atoms with Gasteiger partial charge in [-0.2, -0.15) is 0 Å². The van der Waals surface area contributed by atoms with Gasteiger partial charge in [-0.25, -0.2) is 4.39 Å². The van der Waals surface area contributed by atoms with Gasteiger partial charge in [0, 0.05) is 5.69 Å². The third-order valence-electron chi connectivity index (χ3n) is 3.40. The fourth-order valence-electron chi connectivity index (χ4n) is 2.59. The highest BCUT2D eigenvalue weighted by Gasteiger charge is 2.22. The fraction of sp³-hybridized carbons (Fsp3) is 0.538. The third-order valence-corrected chi connectivity index (χ3v) is 3.40. The molecule has 1 nitrogen and oxygen atoms in total. The highest BCUT2D eigenvalue weighted by atomic mass is 19.1. The summed E-state index contributed by atoms with van der Waals surface area (Å²) in [7, 11) is 0. The van der Waals surface area contributed by atoms with Crippen molar-refractivity contribution >= 4 is 5.69 Å². The van der Waals surface area contributed by atoms with Gasteiger partial charge in [-0.3, -0.25) is 0 Å². The lowest BCUT2D eigenvalue weighted by atomic mass is 9.78. The van der Waals surface area contributed by atoms with Gasteiger partial charge in [0.2, 0.25) is 0 Å². The van der Waals surface area contributed by atoms with Crippen molar-refractivity contribution < 1.29 is 4.39 Å². The summed E-state index contributed by atoms with van der Waals surface area (Å²) in [5.74, 6) is 0.990. The average Bonchev–Trinajstić information content (AvgIpc) is 2.17.